The van der Waals surface area contributed by atoms with Crippen LogP contribution in [-0.2, 0) is 4.79 Å². The maximum Gasteiger partial charge on any atom is 0.251 e. The number of thioether (sulfide) groups is 1. The van der Waals surface area contributed by atoms with Crippen molar-refractivity contribution in [3.8, 4) is 0 Å². The predicted octanol–water partition coefficient (Wildman–Crippen LogP) is 4.33. The van der Waals surface area contributed by atoms with Crippen LogP contribution in [0.25, 0.3) is 0 Å². The Morgan fingerprint density at radius 1 is 1.07 bits per heavy atom. The molecule has 6 heteroatoms. The molecule has 0 fully saturated rings. The van der Waals surface area contributed by atoms with Crippen LogP contribution in [0, 0.1) is 6.92 Å². The van der Waals surface area contributed by atoms with Crippen molar-refractivity contribution in [2.75, 3.05) is 35.3 Å². The summed E-state index contributed by atoms with van der Waals surface area (Å²) in [6.45, 7) is 8.04. The van der Waals surface area contributed by atoms with Gasteiger partial charge >= 0.3 is 0 Å². The highest BCUT2D eigenvalue weighted by Crippen LogP contribution is 2.18. The van der Waals surface area contributed by atoms with E-state index in [1.54, 1.807) is 17.8 Å². The predicted molar refractivity (Wildman–Crippen MR) is 124 cm³/mol. The number of aryl methyl sites for hydroxylation is 1. The Kier molecular flexibility index (Phi) is 9.06. The van der Waals surface area contributed by atoms with Crippen molar-refractivity contribution >= 4 is 35.0 Å². The topological polar surface area (TPSA) is 61.4 Å². The van der Waals surface area contributed by atoms with E-state index in [0.717, 1.165) is 35.8 Å². The van der Waals surface area contributed by atoms with Crippen LogP contribution in [0.15, 0.2) is 48.5 Å². The summed E-state index contributed by atoms with van der Waals surface area (Å²) in [5.74, 6) is 0.357. The maximum absolute atomic E-state index is 12.8. The Labute approximate surface area is 178 Å². The number of carbonyl (C=O) groups is 2. The van der Waals surface area contributed by atoms with Crippen molar-refractivity contribution in [1.29, 1.82) is 0 Å². The standard InChI is InChI=1S/C23H31N3O2S/c1-5-26(6-2)20-12-10-19(11-13-20)24-23(28)21(14-15-29-4)25-22(27)18-9-7-8-17(3)16-18/h7-13,16,21H,5-6,14-15H2,1-4H3,(H,24,28)(H,25,27). The third-order valence-corrected chi connectivity index (χ3v) is 5.42. The molecule has 2 rings (SSSR count). The molecule has 0 heterocycles. The minimum Gasteiger partial charge on any atom is -0.372 e. The van der Waals surface area contributed by atoms with Crippen molar-refractivity contribution in [2.45, 2.75) is 33.2 Å². The van der Waals surface area contributed by atoms with Crippen LogP contribution < -0.4 is 15.5 Å². The zero-order valence-corrected chi connectivity index (χ0v) is 18.5. The Morgan fingerprint density at radius 2 is 1.76 bits per heavy atom. The van der Waals surface area contributed by atoms with E-state index in [2.05, 4.69) is 29.4 Å². The minimum absolute atomic E-state index is 0.198. The van der Waals surface area contributed by atoms with Crippen LogP contribution in [0.1, 0.15) is 36.2 Å². The molecule has 5 nitrogen and oxygen atoms in total. The van der Waals surface area contributed by atoms with Crippen molar-refractivity contribution in [1.82, 2.24) is 5.32 Å². The van der Waals surface area contributed by atoms with Gasteiger partial charge in [0.15, 0.2) is 0 Å². The lowest BCUT2D eigenvalue weighted by molar-refractivity contribution is -0.118. The number of benzene rings is 2. The van der Waals surface area contributed by atoms with Crippen molar-refractivity contribution in [3.63, 3.8) is 0 Å². The Morgan fingerprint density at radius 3 is 2.34 bits per heavy atom. The van der Waals surface area contributed by atoms with E-state index in [1.165, 1.54) is 0 Å². The van der Waals surface area contributed by atoms with Crippen molar-refractivity contribution < 1.29 is 9.59 Å². The van der Waals surface area contributed by atoms with Crippen molar-refractivity contribution in [3.05, 3.63) is 59.7 Å². The fourth-order valence-corrected chi connectivity index (χ4v) is 3.58. The first-order valence-corrected chi connectivity index (χ1v) is 11.4. The highest BCUT2D eigenvalue weighted by Gasteiger charge is 2.21. The minimum atomic E-state index is -0.585. The molecule has 0 radical (unpaired) electrons. The number of nitrogens with zero attached hydrogens (tertiary/aromatic N) is 1. The molecule has 156 valence electrons. The summed E-state index contributed by atoms with van der Waals surface area (Å²) in [5.41, 5.74) is 3.43. The SMILES string of the molecule is CCN(CC)c1ccc(NC(=O)C(CCSC)NC(=O)c2cccc(C)c2)cc1. The highest BCUT2D eigenvalue weighted by molar-refractivity contribution is 7.98. The second kappa shape index (κ2) is 11.5. The molecule has 0 saturated carbocycles. The van der Waals surface area contributed by atoms with E-state index in [1.807, 2.05) is 55.6 Å². The van der Waals surface area contributed by atoms with Crippen LogP contribution in [0.2, 0.25) is 0 Å². The molecule has 1 unspecified atom stereocenters. The first kappa shape index (κ1) is 22.8. The van der Waals surface area contributed by atoms with Gasteiger partial charge < -0.3 is 15.5 Å². The quantitative estimate of drug-likeness (QED) is 0.609. The van der Waals surface area contributed by atoms with Gasteiger partial charge in [0, 0.05) is 30.0 Å². The molecule has 2 aromatic carbocycles. The summed E-state index contributed by atoms with van der Waals surface area (Å²) in [4.78, 5) is 27.7. The van der Waals surface area contributed by atoms with Gasteiger partial charge in [0.25, 0.3) is 5.91 Å². The first-order chi connectivity index (χ1) is 14.0. The number of rotatable bonds is 10. The Hall–Kier alpha value is -2.47. The second-order valence-electron chi connectivity index (χ2n) is 6.89. The van der Waals surface area contributed by atoms with Gasteiger partial charge in [-0.2, -0.15) is 11.8 Å². The van der Waals surface area contributed by atoms with E-state index in [9.17, 15) is 9.59 Å². The molecule has 0 saturated heterocycles. The van der Waals surface area contributed by atoms with Gasteiger partial charge in [0.2, 0.25) is 5.91 Å². The molecular weight excluding hydrogens is 382 g/mol. The molecule has 0 spiro atoms. The van der Waals surface area contributed by atoms with E-state index < -0.39 is 6.04 Å². The van der Waals surface area contributed by atoms with Crippen LogP contribution in [0.5, 0.6) is 0 Å². The monoisotopic (exact) mass is 413 g/mol. The number of hydrogen-bond acceptors (Lipinski definition) is 4. The number of hydrogen-bond donors (Lipinski definition) is 2. The third-order valence-electron chi connectivity index (χ3n) is 4.78. The van der Waals surface area contributed by atoms with E-state index >= 15 is 0 Å². The molecule has 2 amide bonds. The van der Waals surface area contributed by atoms with Gasteiger partial charge in [-0.1, -0.05) is 17.7 Å². The summed E-state index contributed by atoms with van der Waals surface area (Å²) >= 11 is 1.65. The summed E-state index contributed by atoms with van der Waals surface area (Å²) < 4.78 is 0. The Balaban J connectivity index is 2.07. The van der Waals surface area contributed by atoms with Crippen molar-refractivity contribution in [2.24, 2.45) is 0 Å². The molecular formula is C23H31N3O2S. The zero-order chi connectivity index (χ0) is 21.2. The van der Waals surface area contributed by atoms with Crippen LogP contribution >= 0.6 is 11.8 Å². The summed E-state index contributed by atoms with van der Waals surface area (Å²) in [7, 11) is 0. The van der Waals surface area contributed by atoms with Crippen LogP contribution in [0.3, 0.4) is 0 Å². The second-order valence-corrected chi connectivity index (χ2v) is 7.87. The zero-order valence-electron chi connectivity index (χ0n) is 17.7. The normalized spacial score (nSPS) is 11.6. The Bertz CT molecular complexity index is 804. The molecule has 0 aliphatic carbocycles. The number of nitrogens with one attached hydrogen (secondary N) is 2. The van der Waals surface area contributed by atoms with Crippen LogP contribution in [-0.4, -0.2) is 43.0 Å². The summed E-state index contributed by atoms with van der Waals surface area (Å²) in [6, 6.07) is 14.6. The van der Waals surface area contributed by atoms with E-state index in [4.69, 9.17) is 0 Å². The largest absolute Gasteiger partial charge is 0.372 e. The average Bonchev–Trinajstić information content (AvgIpc) is 2.73. The highest BCUT2D eigenvalue weighted by atomic mass is 32.2. The lowest BCUT2D eigenvalue weighted by Gasteiger charge is -2.22. The first-order valence-electron chi connectivity index (χ1n) is 10.0. The van der Waals surface area contributed by atoms with Crippen LogP contribution in [0.4, 0.5) is 11.4 Å². The molecule has 0 aliphatic rings. The molecule has 0 aliphatic heterocycles. The maximum atomic E-state index is 12.8. The number of carbonyl (C=O) groups excluding carboxylic acids is 2. The molecule has 0 bridgehead atoms. The lowest BCUT2D eigenvalue weighted by Crippen LogP contribution is -2.44. The fourth-order valence-electron chi connectivity index (χ4n) is 3.11. The average molecular weight is 414 g/mol. The van der Waals surface area contributed by atoms with Gasteiger partial charge in [-0.25, -0.2) is 0 Å². The van der Waals surface area contributed by atoms with Gasteiger partial charge in [0.1, 0.15) is 6.04 Å². The third kappa shape index (κ3) is 6.82. The van der Waals surface area contributed by atoms with Gasteiger partial charge in [-0.15, -0.1) is 0 Å². The molecule has 1 atom stereocenters. The number of amides is 2. The van der Waals surface area contributed by atoms with Gasteiger partial charge in [-0.3, -0.25) is 9.59 Å². The molecule has 2 N–H and O–H groups in total. The molecule has 29 heavy (non-hydrogen) atoms. The molecule has 0 aromatic heterocycles. The molecule has 2 aromatic rings. The van der Waals surface area contributed by atoms with E-state index in [-0.39, 0.29) is 11.8 Å². The summed E-state index contributed by atoms with van der Waals surface area (Å²) in [5, 5.41) is 5.83. The smallest absolute Gasteiger partial charge is 0.251 e. The fraction of sp³-hybridized carbons (Fsp3) is 0.391. The van der Waals surface area contributed by atoms with E-state index in [0.29, 0.717) is 12.0 Å². The number of anilines is 2. The lowest BCUT2D eigenvalue weighted by atomic mass is 10.1. The summed E-state index contributed by atoms with van der Waals surface area (Å²) in [6.07, 6.45) is 2.56. The van der Waals surface area contributed by atoms with Gasteiger partial charge in [-0.05, 0) is 75.6 Å². The van der Waals surface area contributed by atoms with Gasteiger partial charge in [0.05, 0.1) is 0 Å².